The Morgan fingerprint density at radius 2 is 2.00 bits per heavy atom. The Bertz CT molecular complexity index is 312. The fourth-order valence-electron chi connectivity index (χ4n) is 0.454. The molecule has 0 saturated heterocycles. The molecule has 0 aromatic rings. The molecule has 0 bridgehead atoms. The van der Waals surface area contributed by atoms with Crippen molar-refractivity contribution in [2.75, 3.05) is 0 Å². The van der Waals surface area contributed by atoms with Crippen LogP contribution in [0.5, 0.6) is 0 Å². The van der Waals surface area contributed by atoms with Crippen molar-refractivity contribution in [3.05, 3.63) is 29.7 Å². The first-order valence-corrected chi connectivity index (χ1v) is 6.87. The number of carboxylic acids is 1. The maximum Gasteiger partial charge on any atom is 0.277 e. The number of ether oxygens (including phenoxy) is 1. The lowest BCUT2D eigenvalue weighted by molar-refractivity contribution is -0.322. The lowest BCUT2D eigenvalue weighted by Crippen LogP contribution is -2.33. The van der Waals surface area contributed by atoms with Crippen LogP contribution in [0.2, 0.25) is 0 Å². The Hall–Kier alpha value is 0.610. The van der Waals surface area contributed by atoms with E-state index >= 15 is 0 Å². The van der Waals surface area contributed by atoms with E-state index in [1.165, 1.54) is 0 Å². The minimum Gasteiger partial charge on any atom is -0.543 e. The molecule has 15 heavy (non-hydrogen) atoms. The van der Waals surface area contributed by atoms with Crippen LogP contribution in [0.3, 0.4) is 0 Å². The Balaban J connectivity index is 4.33. The number of allylic oxidation sites excluding steroid dienone is 4. The SMILES string of the molecule is O=C([O-])C(F)O/C=C(I)/C=C(I)\C=C\I. The molecule has 0 aliphatic heterocycles. The van der Waals surface area contributed by atoms with Crippen LogP contribution in [-0.2, 0) is 9.53 Å². The Kier molecular flexibility index (Phi) is 9.08. The standard InChI is InChI=1S/C8H6FI3O3/c9-7(8(13)14)15-4-6(12)3-5(11)1-2-10/h1-4,7H,(H,13,14)/p-1/b2-1+,5-3+,6-4-. The fourth-order valence-corrected chi connectivity index (χ4v) is 3.12. The third-order valence-corrected chi connectivity index (χ3v) is 2.58. The summed E-state index contributed by atoms with van der Waals surface area (Å²) in [5.41, 5.74) is 0. The number of aliphatic carboxylic acids is 1. The quantitative estimate of drug-likeness (QED) is 0.302. The smallest absolute Gasteiger partial charge is 0.277 e. The van der Waals surface area contributed by atoms with Gasteiger partial charge in [-0.15, -0.1) is 0 Å². The van der Waals surface area contributed by atoms with Gasteiger partial charge in [-0.3, -0.25) is 0 Å². The van der Waals surface area contributed by atoms with Gasteiger partial charge in [0.05, 0.1) is 0 Å². The van der Waals surface area contributed by atoms with Crippen molar-refractivity contribution in [3.8, 4) is 0 Å². The molecule has 0 aromatic heterocycles. The number of carboxylic acid groups (broad SMARTS) is 1. The van der Waals surface area contributed by atoms with Gasteiger partial charge >= 0.3 is 0 Å². The lowest BCUT2D eigenvalue weighted by Gasteiger charge is -2.07. The first-order valence-electron chi connectivity index (χ1n) is 3.47. The van der Waals surface area contributed by atoms with Crippen LogP contribution < -0.4 is 5.11 Å². The van der Waals surface area contributed by atoms with Crippen LogP contribution in [0.15, 0.2) is 29.7 Å². The molecule has 0 rings (SSSR count). The van der Waals surface area contributed by atoms with Gasteiger partial charge in [0.25, 0.3) is 6.36 Å². The highest BCUT2D eigenvalue weighted by Gasteiger charge is 2.04. The molecule has 0 amide bonds. The summed E-state index contributed by atoms with van der Waals surface area (Å²) in [4.78, 5) is 9.96. The maximum absolute atomic E-state index is 12.4. The number of alkyl halides is 1. The molecule has 0 spiro atoms. The van der Waals surface area contributed by atoms with Crippen LogP contribution in [0.25, 0.3) is 0 Å². The molecule has 0 aliphatic rings. The van der Waals surface area contributed by atoms with Crippen molar-refractivity contribution in [1.29, 1.82) is 0 Å². The molecule has 1 unspecified atom stereocenters. The van der Waals surface area contributed by atoms with Crippen molar-refractivity contribution in [2.24, 2.45) is 0 Å². The molecule has 0 radical (unpaired) electrons. The van der Waals surface area contributed by atoms with Gasteiger partial charge in [0, 0.05) is 7.16 Å². The predicted molar refractivity (Wildman–Crippen MR) is 78.4 cm³/mol. The third-order valence-electron chi connectivity index (χ3n) is 0.983. The first-order chi connectivity index (χ1) is 6.97. The molecular weight excluding hydrogens is 544 g/mol. The Labute approximate surface area is 127 Å². The van der Waals surface area contributed by atoms with Crippen LogP contribution in [0, 0.1) is 0 Å². The highest BCUT2D eigenvalue weighted by atomic mass is 127. The monoisotopic (exact) mass is 549 g/mol. The molecule has 1 atom stereocenters. The van der Waals surface area contributed by atoms with E-state index < -0.39 is 12.3 Å². The molecule has 0 fully saturated rings. The van der Waals surface area contributed by atoms with Gasteiger partial charge < -0.3 is 14.6 Å². The van der Waals surface area contributed by atoms with E-state index in [1.807, 2.05) is 32.7 Å². The van der Waals surface area contributed by atoms with Crippen LogP contribution in [-0.4, -0.2) is 12.3 Å². The van der Waals surface area contributed by atoms with E-state index in [9.17, 15) is 14.3 Å². The zero-order chi connectivity index (χ0) is 11.8. The molecule has 7 heteroatoms. The van der Waals surface area contributed by atoms with Crippen molar-refractivity contribution in [2.45, 2.75) is 6.36 Å². The summed E-state index contributed by atoms with van der Waals surface area (Å²) in [7, 11) is 0. The first kappa shape index (κ1) is 15.6. The minimum absolute atomic E-state index is 0.579. The number of hydrogen-bond donors (Lipinski definition) is 0. The van der Waals surface area contributed by atoms with E-state index in [4.69, 9.17) is 0 Å². The average molecular weight is 549 g/mol. The molecule has 0 aliphatic carbocycles. The van der Waals surface area contributed by atoms with Crippen molar-refractivity contribution in [1.82, 2.24) is 0 Å². The highest BCUT2D eigenvalue weighted by molar-refractivity contribution is 14.1. The number of hydrogen-bond acceptors (Lipinski definition) is 3. The second kappa shape index (κ2) is 8.73. The Morgan fingerprint density at radius 1 is 1.40 bits per heavy atom. The van der Waals surface area contributed by atoms with E-state index in [1.54, 1.807) is 6.08 Å². The second-order valence-electron chi connectivity index (χ2n) is 2.10. The summed E-state index contributed by atoms with van der Waals surface area (Å²) >= 11 is 6.03. The summed E-state index contributed by atoms with van der Waals surface area (Å²) in [6, 6.07) is 0. The zero-order valence-electron chi connectivity index (χ0n) is 7.12. The summed E-state index contributed by atoms with van der Waals surface area (Å²) in [6.45, 7) is 0. The van der Waals surface area contributed by atoms with E-state index in [0.717, 1.165) is 9.84 Å². The van der Waals surface area contributed by atoms with Crippen molar-refractivity contribution in [3.63, 3.8) is 0 Å². The number of rotatable bonds is 5. The highest BCUT2D eigenvalue weighted by Crippen LogP contribution is 2.17. The Morgan fingerprint density at radius 3 is 2.47 bits per heavy atom. The largest absolute Gasteiger partial charge is 0.543 e. The molecule has 0 saturated carbocycles. The summed E-state index contributed by atoms with van der Waals surface area (Å²) in [5.74, 6) is -1.89. The van der Waals surface area contributed by atoms with Gasteiger partial charge in [-0.25, -0.2) is 0 Å². The third kappa shape index (κ3) is 8.42. The van der Waals surface area contributed by atoms with E-state index in [0.29, 0.717) is 3.58 Å². The summed E-state index contributed by atoms with van der Waals surface area (Å²) in [6.07, 6.45) is 2.14. The van der Waals surface area contributed by atoms with Crippen LogP contribution >= 0.6 is 67.8 Å². The number of halogens is 4. The molecule has 3 nitrogen and oxygen atoms in total. The van der Waals surface area contributed by atoms with Gasteiger partial charge in [0.2, 0.25) is 0 Å². The fraction of sp³-hybridized carbons (Fsp3) is 0.125. The predicted octanol–water partition coefficient (Wildman–Crippen LogP) is 2.59. The second-order valence-corrected chi connectivity index (χ2v) is 5.31. The average Bonchev–Trinajstić information content (AvgIpc) is 2.14. The molecule has 0 heterocycles. The summed E-state index contributed by atoms with van der Waals surface area (Å²) in [5, 5.41) is 9.96. The van der Waals surface area contributed by atoms with Crippen LogP contribution in [0.1, 0.15) is 0 Å². The lowest BCUT2D eigenvalue weighted by atomic mass is 10.5. The van der Waals surface area contributed by atoms with Crippen molar-refractivity contribution >= 4 is 73.7 Å². The molecule has 0 N–H and O–H groups in total. The van der Waals surface area contributed by atoms with Gasteiger partial charge in [0.1, 0.15) is 12.2 Å². The van der Waals surface area contributed by atoms with E-state index in [2.05, 4.69) is 49.9 Å². The van der Waals surface area contributed by atoms with Crippen LogP contribution in [0.4, 0.5) is 4.39 Å². The molecule has 0 aromatic carbocycles. The maximum atomic E-state index is 12.4. The normalized spacial score (nSPS) is 15.5. The van der Waals surface area contributed by atoms with Gasteiger partial charge in [0.15, 0.2) is 0 Å². The van der Waals surface area contributed by atoms with Gasteiger partial charge in [-0.1, -0.05) is 22.6 Å². The minimum atomic E-state index is -2.43. The molecule has 84 valence electrons. The summed E-state index contributed by atoms with van der Waals surface area (Å²) < 4.78 is 20.0. The topological polar surface area (TPSA) is 49.4 Å². The zero-order valence-corrected chi connectivity index (χ0v) is 13.6. The number of carbonyl (C=O) groups excluding carboxylic acids is 1. The van der Waals surface area contributed by atoms with Gasteiger partial charge in [-0.2, -0.15) is 4.39 Å². The van der Waals surface area contributed by atoms with Crippen molar-refractivity contribution < 1.29 is 19.0 Å². The number of carbonyl (C=O) groups is 1. The van der Waals surface area contributed by atoms with Gasteiger partial charge in [-0.05, 0) is 61.4 Å². The van der Waals surface area contributed by atoms with E-state index in [-0.39, 0.29) is 0 Å². The molecular formula is C8H5FI3O3-.